The molecule has 1 nitrogen and oxygen atoms in total. The van der Waals surface area contributed by atoms with Crippen LogP contribution in [-0.4, -0.2) is 6.54 Å². The van der Waals surface area contributed by atoms with Crippen LogP contribution >= 0.6 is 0 Å². The molecule has 0 aliphatic carbocycles. The van der Waals surface area contributed by atoms with Gasteiger partial charge in [0.2, 0.25) is 0 Å². The Hall–Kier alpha value is 0.648. The Kier molecular flexibility index (Phi) is 15.2. The molecule has 0 spiro atoms. The molecule has 8 heavy (non-hydrogen) atoms. The molecule has 0 aliphatic heterocycles. The summed E-state index contributed by atoms with van der Waals surface area (Å²) in [7, 11) is 0. The molecule has 0 aromatic carbocycles. The minimum Gasteiger partial charge on any atom is -0.330 e. The van der Waals surface area contributed by atoms with Gasteiger partial charge in [-0.1, -0.05) is 26.2 Å². The van der Waals surface area contributed by atoms with Crippen molar-refractivity contribution in [2.24, 2.45) is 5.73 Å². The largest absolute Gasteiger partial charge is 0.330 e. The van der Waals surface area contributed by atoms with E-state index in [1.807, 2.05) is 0 Å². The molecule has 0 unspecified atom stereocenters. The quantitative estimate of drug-likeness (QED) is 0.536. The van der Waals surface area contributed by atoms with E-state index in [1.165, 1.54) is 25.7 Å². The first-order valence-electron chi connectivity index (χ1n) is 3.12. The van der Waals surface area contributed by atoms with Crippen LogP contribution in [0.2, 0.25) is 0 Å². The Balaban J connectivity index is 0. The first-order valence-corrected chi connectivity index (χ1v) is 3.12. The summed E-state index contributed by atoms with van der Waals surface area (Å²) in [6, 6.07) is 0. The molecule has 0 fully saturated rings. The van der Waals surface area contributed by atoms with Crippen LogP contribution in [0.15, 0.2) is 0 Å². The van der Waals surface area contributed by atoms with Crippen molar-refractivity contribution in [2.75, 3.05) is 6.54 Å². The summed E-state index contributed by atoms with van der Waals surface area (Å²) in [5, 5.41) is 0. The summed E-state index contributed by atoms with van der Waals surface area (Å²) < 4.78 is 0. The smallest absolute Gasteiger partial charge is 0 e. The van der Waals surface area contributed by atoms with E-state index in [2.05, 4.69) is 6.92 Å². The molecule has 0 rings (SSSR count). The zero-order valence-corrected chi connectivity index (χ0v) is 7.53. The van der Waals surface area contributed by atoms with E-state index in [0.29, 0.717) is 0 Å². The van der Waals surface area contributed by atoms with E-state index in [1.54, 1.807) is 0 Å². The predicted octanol–water partition coefficient (Wildman–Crippen LogP) is 1.52. The van der Waals surface area contributed by atoms with E-state index in [4.69, 9.17) is 5.73 Å². The van der Waals surface area contributed by atoms with Crippen molar-refractivity contribution in [1.29, 1.82) is 0 Å². The summed E-state index contributed by atoms with van der Waals surface area (Å²) in [6.07, 6.45) is 5.16. The van der Waals surface area contributed by atoms with Crippen LogP contribution in [0.1, 0.15) is 32.6 Å². The maximum atomic E-state index is 5.27. The molecule has 0 saturated carbocycles. The molecular weight excluding hydrogens is 182 g/mol. The van der Waals surface area contributed by atoms with Crippen molar-refractivity contribution in [3.05, 3.63) is 0 Å². The van der Waals surface area contributed by atoms with Gasteiger partial charge in [-0.05, 0) is 13.0 Å². The molecule has 0 saturated heterocycles. The van der Waals surface area contributed by atoms with Crippen LogP contribution in [-0.2, 0) is 21.1 Å². The minimum absolute atomic E-state index is 0. The van der Waals surface area contributed by atoms with Crippen molar-refractivity contribution in [3.63, 3.8) is 0 Å². The van der Waals surface area contributed by atoms with Crippen molar-refractivity contribution in [2.45, 2.75) is 32.6 Å². The Morgan fingerprint density at radius 2 is 1.75 bits per heavy atom. The van der Waals surface area contributed by atoms with Crippen molar-refractivity contribution in [1.82, 2.24) is 0 Å². The molecule has 0 radical (unpaired) electrons. The zero-order valence-electron chi connectivity index (χ0n) is 5.52. The topological polar surface area (TPSA) is 26.0 Å². The fourth-order valence-corrected chi connectivity index (χ4v) is 0.571. The fourth-order valence-electron chi connectivity index (χ4n) is 0.571. The van der Waals surface area contributed by atoms with Crippen LogP contribution in [0.5, 0.6) is 0 Å². The van der Waals surface area contributed by atoms with Gasteiger partial charge in [0.25, 0.3) is 0 Å². The second-order valence-corrected chi connectivity index (χ2v) is 1.85. The Morgan fingerprint density at radius 3 is 2.12 bits per heavy atom. The molecule has 0 aliphatic rings. The molecule has 2 N–H and O–H groups in total. The molecule has 50 valence electrons. The molecule has 0 bridgehead atoms. The van der Waals surface area contributed by atoms with Crippen molar-refractivity contribution >= 4 is 0 Å². The van der Waals surface area contributed by atoms with E-state index < -0.39 is 0 Å². The SMILES string of the molecule is CCCCCCN.[Mo]. The summed E-state index contributed by atoms with van der Waals surface area (Å²) in [5.41, 5.74) is 5.27. The summed E-state index contributed by atoms with van der Waals surface area (Å²) in [6.45, 7) is 3.07. The van der Waals surface area contributed by atoms with Gasteiger partial charge in [0, 0.05) is 21.1 Å². The van der Waals surface area contributed by atoms with Gasteiger partial charge >= 0.3 is 0 Å². The van der Waals surface area contributed by atoms with Gasteiger partial charge in [0.1, 0.15) is 0 Å². The average Bonchev–Trinajstić information content (AvgIpc) is 1.69. The normalized spacial score (nSPS) is 8.25. The average molecular weight is 197 g/mol. The third-order valence-electron chi connectivity index (χ3n) is 1.06. The Morgan fingerprint density at radius 1 is 1.12 bits per heavy atom. The van der Waals surface area contributed by atoms with Crippen LogP contribution in [0.3, 0.4) is 0 Å². The minimum atomic E-state index is 0. The number of hydrogen-bond acceptors (Lipinski definition) is 1. The molecule has 0 amide bonds. The van der Waals surface area contributed by atoms with Crippen LogP contribution in [0.25, 0.3) is 0 Å². The number of hydrogen-bond donors (Lipinski definition) is 1. The van der Waals surface area contributed by atoms with E-state index in [0.717, 1.165) is 6.54 Å². The number of rotatable bonds is 4. The summed E-state index contributed by atoms with van der Waals surface area (Å²) in [4.78, 5) is 0. The first-order chi connectivity index (χ1) is 3.41. The molecule has 0 aromatic heterocycles. The van der Waals surface area contributed by atoms with Gasteiger partial charge in [-0.2, -0.15) is 0 Å². The second-order valence-electron chi connectivity index (χ2n) is 1.85. The zero-order chi connectivity index (χ0) is 5.54. The number of unbranched alkanes of at least 4 members (excludes halogenated alkanes) is 3. The third-order valence-corrected chi connectivity index (χ3v) is 1.06. The van der Waals surface area contributed by atoms with E-state index in [-0.39, 0.29) is 21.1 Å². The first kappa shape index (κ1) is 11.4. The van der Waals surface area contributed by atoms with Gasteiger partial charge in [0.05, 0.1) is 0 Å². The maximum absolute atomic E-state index is 5.27. The Bertz CT molecular complexity index is 27.7. The van der Waals surface area contributed by atoms with Crippen molar-refractivity contribution in [3.8, 4) is 0 Å². The molecule has 2 heteroatoms. The van der Waals surface area contributed by atoms with Crippen LogP contribution < -0.4 is 5.73 Å². The van der Waals surface area contributed by atoms with Crippen LogP contribution in [0, 0.1) is 0 Å². The van der Waals surface area contributed by atoms with Gasteiger partial charge in [0.15, 0.2) is 0 Å². The molecular formula is C6H15MoN. The number of nitrogens with two attached hydrogens (primary N) is 1. The fraction of sp³-hybridized carbons (Fsp3) is 1.00. The molecule has 0 aromatic rings. The van der Waals surface area contributed by atoms with Gasteiger partial charge < -0.3 is 5.73 Å². The molecule has 0 heterocycles. The van der Waals surface area contributed by atoms with E-state index >= 15 is 0 Å². The third kappa shape index (κ3) is 9.82. The Labute approximate surface area is 66.3 Å². The monoisotopic (exact) mass is 199 g/mol. The molecule has 0 atom stereocenters. The van der Waals surface area contributed by atoms with Crippen molar-refractivity contribution < 1.29 is 21.1 Å². The standard InChI is InChI=1S/C6H15N.Mo/c1-2-3-4-5-6-7;/h2-7H2,1H3;. The second kappa shape index (κ2) is 10.6. The van der Waals surface area contributed by atoms with Gasteiger partial charge in [-0.25, -0.2) is 0 Å². The summed E-state index contributed by atoms with van der Waals surface area (Å²) in [5.74, 6) is 0. The van der Waals surface area contributed by atoms with Gasteiger partial charge in [-0.3, -0.25) is 0 Å². The van der Waals surface area contributed by atoms with Crippen LogP contribution in [0.4, 0.5) is 0 Å². The van der Waals surface area contributed by atoms with Gasteiger partial charge in [-0.15, -0.1) is 0 Å². The summed E-state index contributed by atoms with van der Waals surface area (Å²) >= 11 is 0. The maximum Gasteiger partial charge on any atom is 0 e. The van der Waals surface area contributed by atoms with E-state index in [9.17, 15) is 0 Å². The predicted molar refractivity (Wildman–Crippen MR) is 33.2 cm³/mol.